The van der Waals surface area contributed by atoms with Gasteiger partial charge in [0.2, 0.25) is 5.95 Å². The van der Waals surface area contributed by atoms with Crippen molar-refractivity contribution in [1.82, 2.24) is 9.55 Å². The maximum absolute atomic E-state index is 8.89. The molecule has 74 valence electrons. The van der Waals surface area contributed by atoms with Gasteiger partial charge in [-0.05, 0) is 28.1 Å². The van der Waals surface area contributed by atoms with E-state index in [1.54, 1.807) is 4.57 Å². The molecule has 14 heavy (non-hydrogen) atoms. The van der Waals surface area contributed by atoms with Crippen LogP contribution in [0.4, 0.5) is 5.95 Å². The fourth-order valence-corrected chi connectivity index (χ4v) is 2.06. The van der Waals surface area contributed by atoms with Crippen LogP contribution >= 0.6 is 15.9 Å². The zero-order valence-electron chi connectivity index (χ0n) is 7.44. The van der Waals surface area contributed by atoms with E-state index < -0.39 is 0 Å². The van der Waals surface area contributed by atoms with Crippen molar-refractivity contribution in [3.8, 4) is 0 Å². The van der Waals surface area contributed by atoms with Crippen LogP contribution in [0, 0.1) is 0 Å². The number of aliphatic hydroxyl groups excluding tert-OH is 1. The summed E-state index contributed by atoms with van der Waals surface area (Å²) in [6.07, 6.45) is 0. The maximum Gasteiger partial charge on any atom is 0.201 e. The molecule has 0 aliphatic heterocycles. The molecule has 3 N–H and O–H groups in total. The Kier molecular flexibility index (Phi) is 2.43. The molecule has 2 rings (SSSR count). The summed E-state index contributed by atoms with van der Waals surface area (Å²) in [4.78, 5) is 4.19. The van der Waals surface area contributed by atoms with Gasteiger partial charge in [-0.25, -0.2) is 4.98 Å². The predicted octanol–water partition coefficient (Wildman–Crippen LogP) is 1.37. The minimum atomic E-state index is 0.0526. The maximum atomic E-state index is 8.89. The number of fused-ring (bicyclic) bond motifs is 1. The number of imidazole rings is 1. The van der Waals surface area contributed by atoms with Crippen molar-refractivity contribution in [2.75, 3.05) is 12.3 Å². The first-order chi connectivity index (χ1) is 6.74. The fraction of sp³-hybridized carbons (Fsp3) is 0.222. The van der Waals surface area contributed by atoms with Gasteiger partial charge in [-0.2, -0.15) is 0 Å². The van der Waals surface area contributed by atoms with Crippen LogP contribution in [0.15, 0.2) is 22.7 Å². The first-order valence-corrected chi connectivity index (χ1v) is 5.04. The second-order valence-electron chi connectivity index (χ2n) is 2.95. The normalized spacial score (nSPS) is 11.0. The van der Waals surface area contributed by atoms with Crippen LogP contribution < -0.4 is 5.73 Å². The number of nitrogens with zero attached hydrogens (tertiary/aromatic N) is 2. The minimum absolute atomic E-state index is 0.0526. The third kappa shape index (κ3) is 1.38. The van der Waals surface area contributed by atoms with Crippen LogP contribution in [-0.4, -0.2) is 21.3 Å². The summed E-state index contributed by atoms with van der Waals surface area (Å²) in [5.41, 5.74) is 7.50. The topological polar surface area (TPSA) is 64.1 Å². The molecule has 0 saturated heterocycles. The first kappa shape index (κ1) is 9.48. The van der Waals surface area contributed by atoms with Gasteiger partial charge < -0.3 is 15.4 Å². The fourth-order valence-electron chi connectivity index (χ4n) is 1.49. The standard InChI is InChI=1S/C9H10BrN3O/c10-6-2-1-3-7-8(6)13(4-5-14)9(11)12-7/h1-3,14H,4-5H2,(H2,11,12). The number of hydrogen-bond acceptors (Lipinski definition) is 3. The number of hydrogen-bond donors (Lipinski definition) is 2. The lowest BCUT2D eigenvalue weighted by Gasteiger charge is -2.04. The van der Waals surface area contributed by atoms with Crippen molar-refractivity contribution >= 4 is 32.9 Å². The molecule has 0 spiro atoms. The highest BCUT2D eigenvalue weighted by Crippen LogP contribution is 2.25. The number of anilines is 1. The van der Waals surface area contributed by atoms with E-state index in [0.717, 1.165) is 15.5 Å². The average Bonchev–Trinajstić information content (AvgIpc) is 2.45. The number of halogens is 1. The number of nitrogens with two attached hydrogens (primary N) is 1. The van der Waals surface area contributed by atoms with Crippen molar-refractivity contribution in [1.29, 1.82) is 0 Å². The Labute approximate surface area is 89.5 Å². The van der Waals surface area contributed by atoms with E-state index in [0.29, 0.717) is 12.5 Å². The van der Waals surface area contributed by atoms with E-state index in [1.165, 1.54) is 0 Å². The van der Waals surface area contributed by atoms with E-state index in [9.17, 15) is 0 Å². The molecule has 0 radical (unpaired) electrons. The molecule has 0 saturated carbocycles. The van der Waals surface area contributed by atoms with Crippen molar-refractivity contribution in [2.45, 2.75) is 6.54 Å². The summed E-state index contributed by atoms with van der Waals surface area (Å²) in [7, 11) is 0. The zero-order chi connectivity index (χ0) is 10.1. The summed E-state index contributed by atoms with van der Waals surface area (Å²) >= 11 is 3.43. The lowest BCUT2D eigenvalue weighted by molar-refractivity contribution is 0.278. The minimum Gasteiger partial charge on any atom is -0.395 e. The molecule has 0 aliphatic carbocycles. The van der Waals surface area contributed by atoms with Gasteiger partial charge in [0, 0.05) is 11.0 Å². The second kappa shape index (κ2) is 3.59. The summed E-state index contributed by atoms with van der Waals surface area (Å²) in [6, 6.07) is 5.73. The molecule has 0 amide bonds. The Balaban J connectivity index is 2.73. The van der Waals surface area contributed by atoms with Crippen LogP contribution in [0.1, 0.15) is 0 Å². The van der Waals surface area contributed by atoms with E-state index in [2.05, 4.69) is 20.9 Å². The number of aromatic nitrogens is 2. The molecule has 4 nitrogen and oxygen atoms in total. The predicted molar refractivity (Wildman–Crippen MR) is 58.9 cm³/mol. The molecule has 0 fully saturated rings. The number of para-hydroxylation sites is 1. The SMILES string of the molecule is Nc1nc2cccc(Br)c2n1CCO. The largest absolute Gasteiger partial charge is 0.395 e. The highest BCUT2D eigenvalue weighted by atomic mass is 79.9. The number of rotatable bonds is 2. The zero-order valence-corrected chi connectivity index (χ0v) is 9.03. The van der Waals surface area contributed by atoms with Gasteiger partial charge in [0.25, 0.3) is 0 Å². The Morgan fingerprint density at radius 3 is 3.00 bits per heavy atom. The Hall–Kier alpha value is -1.07. The van der Waals surface area contributed by atoms with Crippen molar-refractivity contribution < 1.29 is 5.11 Å². The van der Waals surface area contributed by atoms with E-state index in [-0.39, 0.29) is 6.61 Å². The summed E-state index contributed by atoms with van der Waals surface area (Å²) in [5, 5.41) is 8.89. The average molecular weight is 256 g/mol. The van der Waals surface area contributed by atoms with Crippen molar-refractivity contribution in [2.24, 2.45) is 0 Å². The van der Waals surface area contributed by atoms with E-state index in [1.807, 2.05) is 18.2 Å². The molecule has 1 heterocycles. The van der Waals surface area contributed by atoms with Crippen LogP contribution in [0.5, 0.6) is 0 Å². The number of nitrogen functional groups attached to an aromatic ring is 1. The van der Waals surface area contributed by atoms with Crippen LogP contribution in [0.25, 0.3) is 11.0 Å². The number of benzene rings is 1. The second-order valence-corrected chi connectivity index (χ2v) is 3.81. The molecule has 0 atom stereocenters. The van der Waals surface area contributed by atoms with Gasteiger partial charge in [-0.15, -0.1) is 0 Å². The highest BCUT2D eigenvalue weighted by Gasteiger charge is 2.09. The van der Waals surface area contributed by atoms with Gasteiger partial charge in [0.1, 0.15) is 0 Å². The smallest absolute Gasteiger partial charge is 0.201 e. The molecule has 2 aromatic rings. The monoisotopic (exact) mass is 255 g/mol. The van der Waals surface area contributed by atoms with Crippen LogP contribution in [0.2, 0.25) is 0 Å². The van der Waals surface area contributed by atoms with Gasteiger partial charge in [-0.1, -0.05) is 6.07 Å². The Morgan fingerprint density at radius 1 is 1.50 bits per heavy atom. The molecule has 5 heteroatoms. The highest BCUT2D eigenvalue weighted by molar-refractivity contribution is 9.10. The third-order valence-corrected chi connectivity index (χ3v) is 2.71. The molecular formula is C9H10BrN3O. The van der Waals surface area contributed by atoms with Gasteiger partial charge in [0.15, 0.2) is 0 Å². The Bertz CT molecular complexity index is 466. The summed E-state index contributed by atoms with van der Waals surface area (Å²) < 4.78 is 2.73. The molecule has 1 aromatic carbocycles. The van der Waals surface area contributed by atoms with Gasteiger partial charge in [0.05, 0.1) is 17.6 Å². The number of aliphatic hydroxyl groups is 1. The quantitative estimate of drug-likeness (QED) is 0.853. The first-order valence-electron chi connectivity index (χ1n) is 4.25. The molecule has 0 bridgehead atoms. The third-order valence-electron chi connectivity index (χ3n) is 2.07. The molecule has 0 unspecified atom stereocenters. The van der Waals surface area contributed by atoms with E-state index in [4.69, 9.17) is 10.8 Å². The lowest BCUT2D eigenvalue weighted by Crippen LogP contribution is -2.06. The molecular weight excluding hydrogens is 246 g/mol. The van der Waals surface area contributed by atoms with Crippen molar-refractivity contribution in [3.05, 3.63) is 22.7 Å². The van der Waals surface area contributed by atoms with Gasteiger partial charge in [-0.3, -0.25) is 0 Å². The molecule has 1 aromatic heterocycles. The Morgan fingerprint density at radius 2 is 2.29 bits per heavy atom. The van der Waals surface area contributed by atoms with Crippen LogP contribution in [-0.2, 0) is 6.54 Å². The lowest BCUT2D eigenvalue weighted by atomic mass is 10.3. The van der Waals surface area contributed by atoms with E-state index >= 15 is 0 Å². The summed E-state index contributed by atoms with van der Waals surface area (Å²) in [6.45, 7) is 0.516. The van der Waals surface area contributed by atoms with Crippen molar-refractivity contribution in [3.63, 3.8) is 0 Å². The van der Waals surface area contributed by atoms with Crippen LogP contribution in [0.3, 0.4) is 0 Å². The summed E-state index contributed by atoms with van der Waals surface area (Å²) in [5.74, 6) is 0.431. The molecule has 0 aliphatic rings. The van der Waals surface area contributed by atoms with Gasteiger partial charge >= 0.3 is 0 Å².